The molecule has 5 aromatic carbocycles. The molecule has 5 atom stereocenters. The average Bonchev–Trinajstić information content (AvgIpc) is 1.17. The standard InChI is InChI=1S/C68H89N23O15/c1-103-51-20-16-36(84-61(99)45(69)11-6-24-79-65(71)72)29-41(51)57(95)88-48(14-8-26-81-67(75)76)63(101)87-39-19-23-54(106-34-55(92)93)44(32-39)60(98)90-49(15-9-27-82-68(77)78)64(102)85-37-17-21-52(104-2)42(30-37)58(96)89-47(13-7-25-80-66(73)74)62(100)86-38-18-22-53(105-3)43(31-38)59(97)91-50(56(70)94)28-35-33-83-46-12-5-4-10-40(35)46/h4-5,10,12,16-23,29-33,45,47-50,83H,6-9,11,13-15,24-28,34,69H2,1-3H3,(H2,70,94)(H,84,99)(H,85,102)(H,86,100)(H,87,101)(H,88,95)(H,89,96)(H,90,98)(H,91,97)(H,92,93)(H4,71,72,79)(H4,73,74,80)(H4,75,76,81)(H4,77,78,82)/t45-,47-,48-,49-,50-/m1/s1. The number of carboxylic acid groups (broad SMARTS) is 1. The summed E-state index contributed by atoms with van der Waals surface area (Å²) in [5.41, 5.74) is 34.6. The summed E-state index contributed by atoms with van der Waals surface area (Å²) >= 11 is 0. The largest absolute Gasteiger partial charge is 0.496 e. The van der Waals surface area contributed by atoms with E-state index < -0.39 is 107 Å². The van der Waals surface area contributed by atoms with Crippen molar-refractivity contribution in [1.29, 1.82) is 21.6 Å². The van der Waals surface area contributed by atoms with Crippen LogP contribution in [-0.4, -0.2) is 177 Å². The minimum atomic E-state index is -1.48. The molecule has 1 aromatic heterocycles. The van der Waals surface area contributed by atoms with Crippen molar-refractivity contribution in [3.63, 3.8) is 0 Å². The summed E-state index contributed by atoms with van der Waals surface area (Å²) in [6.45, 7) is -0.442. The van der Waals surface area contributed by atoms with E-state index >= 15 is 0 Å². The van der Waals surface area contributed by atoms with Gasteiger partial charge in [-0.15, -0.1) is 0 Å². The highest BCUT2D eigenvalue weighted by Gasteiger charge is 2.31. The number of benzene rings is 5. The number of rotatable bonds is 41. The Morgan fingerprint density at radius 2 is 0.774 bits per heavy atom. The van der Waals surface area contributed by atoms with Crippen molar-refractivity contribution in [2.45, 2.75) is 88.0 Å². The number of amides is 9. The van der Waals surface area contributed by atoms with Gasteiger partial charge in [-0.1, -0.05) is 18.2 Å². The predicted molar refractivity (Wildman–Crippen MR) is 394 cm³/mol. The first kappa shape index (κ1) is 81.5. The van der Waals surface area contributed by atoms with Gasteiger partial charge in [0.15, 0.2) is 30.4 Å². The lowest BCUT2D eigenvalue weighted by Gasteiger charge is -2.22. The number of aliphatic carboxylic acids is 1. The molecule has 0 radical (unpaired) electrons. The van der Waals surface area contributed by atoms with Crippen LogP contribution in [0.4, 0.5) is 22.7 Å². The normalized spacial score (nSPS) is 12.1. The van der Waals surface area contributed by atoms with Crippen LogP contribution in [0.3, 0.4) is 0 Å². The van der Waals surface area contributed by atoms with Crippen molar-refractivity contribution in [3.05, 3.63) is 131 Å². The number of nitrogens with one attached hydrogen (secondary N) is 17. The van der Waals surface area contributed by atoms with Gasteiger partial charge in [-0.05, 0) is 136 Å². The van der Waals surface area contributed by atoms with E-state index in [9.17, 15) is 53.1 Å². The summed E-state index contributed by atoms with van der Waals surface area (Å²) in [5.74, 6) is -10.5. The summed E-state index contributed by atoms with van der Waals surface area (Å²) in [7, 11) is 3.87. The molecule has 0 aliphatic rings. The number of carbonyl (C=O) groups is 10. The molecule has 0 bridgehead atoms. The van der Waals surface area contributed by atoms with Crippen LogP contribution in [-0.2, 0) is 35.2 Å². The van der Waals surface area contributed by atoms with Crippen LogP contribution in [0.1, 0.15) is 98.4 Å². The zero-order valence-electron chi connectivity index (χ0n) is 58.2. The van der Waals surface area contributed by atoms with Crippen molar-refractivity contribution in [2.24, 2.45) is 34.4 Å². The maximum Gasteiger partial charge on any atom is 0.341 e. The Hall–Kier alpha value is -13.4. The third-order valence-electron chi connectivity index (χ3n) is 15.9. The van der Waals surface area contributed by atoms with Gasteiger partial charge in [0.05, 0.1) is 49.6 Å². The number of anilines is 4. The lowest BCUT2D eigenvalue weighted by atomic mass is 10.0. The molecule has 566 valence electrons. The molecule has 0 fully saturated rings. The topological polar surface area (TPSA) is 640 Å². The van der Waals surface area contributed by atoms with E-state index in [0.29, 0.717) is 18.5 Å². The van der Waals surface area contributed by atoms with Crippen molar-refractivity contribution in [3.8, 4) is 23.0 Å². The number of H-pyrrole nitrogens is 1. The number of guanidine groups is 4. The number of methoxy groups -OCH3 is 3. The van der Waals surface area contributed by atoms with Gasteiger partial charge < -0.3 is 127 Å². The van der Waals surface area contributed by atoms with Crippen molar-refractivity contribution in [1.82, 2.24) is 47.5 Å². The van der Waals surface area contributed by atoms with Gasteiger partial charge in [0.2, 0.25) is 29.5 Å². The Bertz CT molecular complexity index is 4230. The highest BCUT2D eigenvalue weighted by Crippen LogP contribution is 2.29. The number of carbonyl (C=O) groups excluding carboxylic acids is 9. The number of nitrogens with two attached hydrogens (primary N) is 6. The fraction of sp³-hybridized carbons (Fsp3) is 0.324. The molecular formula is C68H89N23O15. The molecular weight excluding hydrogens is 1380 g/mol. The van der Waals surface area contributed by atoms with Crippen LogP contribution in [0.5, 0.6) is 23.0 Å². The van der Waals surface area contributed by atoms with E-state index in [1.807, 2.05) is 24.3 Å². The smallest absolute Gasteiger partial charge is 0.341 e. The van der Waals surface area contributed by atoms with Gasteiger partial charge in [0.25, 0.3) is 23.6 Å². The van der Waals surface area contributed by atoms with Gasteiger partial charge in [-0.2, -0.15) is 0 Å². The molecule has 38 nitrogen and oxygen atoms in total. The van der Waals surface area contributed by atoms with Gasteiger partial charge >= 0.3 is 5.97 Å². The second kappa shape index (κ2) is 40.3. The molecule has 6 rings (SSSR count). The summed E-state index contributed by atoms with van der Waals surface area (Å²) in [4.78, 5) is 141. The quantitative estimate of drug-likeness (QED) is 0.0137. The number of ether oxygens (including phenoxy) is 4. The predicted octanol–water partition coefficient (Wildman–Crippen LogP) is 0.0137. The molecule has 0 saturated carbocycles. The van der Waals surface area contributed by atoms with Crippen LogP contribution in [0.2, 0.25) is 0 Å². The van der Waals surface area contributed by atoms with Crippen LogP contribution in [0.15, 0.2) is 103 Å². The molecule has 0 spiro atoms. The first-order chi connectivity index (χ1) is 50.6. The van der Waals surface area contributed by atoms with Gasteiger partial charge in [-0.25, -0.2) is 4.79 Å². The van der Waals surface area contributed by atoms with Gasteiger partial charge in [0, 0.05) is 72.4 Å². The van der Waals surface area contributed by atoms with E-state index in [0.717, 1.165) is 17.0 Å². The number of carboxylic acids is 1. The summed E-state index contributed by atoms with van der Waals surface area (Å²) < 4.78 is 22.0. The minimum absolute atomic E-state index is 0.0274. The zero-order valence-corrected chi connectivity index (χ0v) is 58.2. The Kier molecular flexibility index (Phi) is 31.0. The van der Waals surface area contributed by atoms with Crippen LogP contribution in [0.25, 0.3) is 10.9 Å². The molecule has 0 unspecified atom stereocenters. The molecule has 38 heteroatoms. The Morgan fingerprint density at radius 3 is 1.12 bits per heavy atom. The van der Waals surface area contributed by atoms with Gasteiger partial charge in [-0.3, -0.25) is 64.8 Å². The molecule has 1 heterocycles. The molecule has 0 aliphatic heterocycles. The number of aromatic amines is 1. The Morgan fingerprint density at radius 1 is 0.443 bits per heavy atom. The van der Waals surface area contributed by atoms with Crippen molar-refractivity contribution in [2.75, 3.05) is 75.4 Å². The van der Waals surface area contributed by atoms with E-state index in [-0.39, 0.29) is 151 Å². The van der Waals surface area contributed by atoms with Crippen molar-refractivity contribution < 1.29 is 72.0 Å². The van der Waals surface area contributed by atoms with E-state index in [1.165, 1.54) is 88.1 Å². The highest BCUT2D eigenvalue weighted by atomic mass is 16.5. The monoisotopic (exact) mass is 1470 g/mol. The number of aromatic nitrogens is 1. The summed E-state index contributed by atoms with van der Waals surface area (Å²) in [6, 6.07) is 16.8. The fourth-order valence-corrected chi connectivity index (χ4v) is 10.6. The average molecular weight is 1470 g/mol. The maximum absolute atomic E-state index is 14.6. The first-order valence-electron chi connectivity index (χ1n) is 33.0. The highest BCUT2D eigenvalue weighted by molar-refractivity contribution is 6.08. The SMILES string of the molecule is COc1ccc(NC(=O)[C@@H](CCCNC(=N)N)NC(=O)c2cc(NC(=O)[C@@H](CCCNC(=N)N)NC(=O)c3cc(NC(=O)[C@@H](CCCNC(=N)N)NC(=O)c4cc(NC(=O)[C@H](N)CCCNC(=N)N)ccc4OC)ccc3OCC(=O)O)ccc2OC)cc1C(=O)N[C@H](Cc1c[nH]c2ccccc12)C(N)=O. The van der Waals surface area contributed by atoms with Crippen LogP contribution < -0.4 is 117 Å². The van der Waals surface area contributed by atoms with E-state index in [1.54, 1.807) is 6.20 Å². The number of para-hydroxylation sites is 1. The van der Waals surface area contributed by atoms with Crippen LogP contribution in [0, 0.1) is 21.6 Å². The summed E-state index contributed by atoms with van der Waals surface area (Å²) in [5, 5.41) is 72.5. The molecule has 0 aliphatic carbocycles. The molecule has 6 aromatic rings. The second-order valence-electron chi connectivity index (χ2n) is 23.7. The lowest BCUT2D eigenvalue weighted by molar-refractivity contribution is -0.139. The van der Waals surface area contributed by atoms with Gasteiger partial charge in [0.1, 0.15) is 47.2 Å². The number of primary amides is 1. The fourth-order valence-electron chi connectivity index (χ4n) is 10.6. The molecule has 30 N–H and O–H groups in total. The number of hydrogen-bond donors (Lipinski definition) is 24. The number of fused-ring (bicyclic) bond motifs is 1. The lowest BCUT2D eigenvalue weighted by Crippen LogP contribution is -2.46. The van der Waals surface area contributed by atoms with E-state index in [2.05, 4.69) is 68.8 Å². The molecule has 106 heavy (non-hydrogen) atoms. The third kappa shape index (κ3) is 25.3. The summed E-state index contributed by atoms with van der Waals surface area (Å²) in [6.07, 6.45) is 2.46. The first-order valence-corrected chi connectivity index (χ1v) is 33.0. The minimum Gasteiger partial charge on any atom is -0.496 e. The third-order valence-corrected chi connectivity index (χ3v) is 15.9. The molecule has 0 saturated heterocycles. The zero-order chi connectivity index (χ0) is 77.6. The van der Waals surface area contributed by atoms with Crippen molar-refractivity contribution >= 4 is 117 Å². The second-order valence-corrected chi connectivity index (χ2v) is 23.7. The van der Waals surface area contributed by atoms with Crippen LogP contribution >= 0.6 is 0 Å². The Balaban J connectivity index is 1.23. The maximum atomic E-state index is 14.6. The number of hydrogen-bond acceptors (Lipinski definition) is 19. The molecule has 9 amide bonds. The Labute approximate surface area is 607 Å². The van der Waals surface area contributed by atoms with E-state index in [4.69, 9.17) is 75.0 Å².